The number of amides is 1. The Hall–Kier alpha value is -2.61. The lowest BCUT2D eigenvalue weighted by atomic mass is 9.41. The molecule has 7 aliphatic rings. The molecule has 2 spiro atoms. The Labute approximate surface area is 217 Å². The predicted molar refractivity (Wildman–Crippen MR) is 137 cm³/mol. The lowest BCUT2D eigenvalue weighted by Gasteiger charge is -2.73. The van der Waals surface area contributed by atoms with Gasteiger partial charge in [0.05, 0.1) is 5.41 Å². The van der Waals surface area contributed by atoms with Crippen LogP contribution in [0.5, 0.6) is 11.5 Å². The molecule has 0 radical (unpaired) electrons. The minimum Gasteiger partial charge on any atom is -0.504 e. The molecule has 3 aliphatic carbocycles. The minimum absolute atomic E-state index is 0.0670. The average Bonchev–Trinajstić information content (AvgIpc) is 3.64. The monoisotopic (exact) mass is 501 g/mol. The second-order valence-electron chi connectivity index (χ2n) is 12.5. The van der Waals surface area contributed by atoms with Gasteiger partial charge in [-0.15, -0.1) is 0 Å². The fraction of sp³-hybridized carbons (Fsp3) is 0.567. The van der Waals surface area contributed by atoms with Crippen molar-refractivity contribution in [1.82, 2.24) is 15.5 Å². The van der Waals surface area contributed by atoms with Gasteiger partial charge in [0.15, 0.2) is 11.5 Å². The number of phenols is 1. The molecule has 4 heterocycles. The predicted octanol–water partition coefficient (Wildman–Crippen LogP) is 2.37. The quantitative estimate of drug-likeness (QED) is 0.486. The van der Waals surface area contributed by atoms with Crippen LogP contribution in [0.1, 0.15) is 55.2 Å². The van der Waals surface area contributed by atoms with E-state index in [9.17, 15) is 15.0 Å². The minimum atomic E-state index is -1.19. The van der Waals surface area contributed by atoms with Crippen molar-refractivity contribution in [3.05, 3.63) is 59.2 Å². The van der Waals surface area contributed by atoms with Gasteiger partial charge in [-0.05, 0) is 68.2 Å². The third kappa shape index (κ3) is 2.85. The average molecular weight is 502 g/mol. The van der Waals surface area contributed by atoms with E-state index in [0.717, 1.165) is 49.4 Å². The summed E-state index contributed by atoms with van der Waals surface area (Å²) >= 11 is 0. The maximum atomic E-state index is 13.2. The summed E-state index contributed by atoms with van der Waals surface area (Å²) in [6.45, 7) is 2.58. The number of hydrogen-bond acceptors (Lipinski definition) is 6. The van der Waals surface area contributed by atoms with Crippen molar-refractivity contribution in [2.75, 3.05) is 13.1 Å². The summed E-state index contributed by atoms with van der Waals surface area (Å²) in [6, 6.07) is 13.6. The second-order valence-corrected chi connectivity index (χ2v) is 12.5. The molecule has 3 saturated heterocycles. The first-order valence-corrected chi connectivity index (χ1v) is 14.0. The van der Waals surface area contributed by atoms with E-state index in [2.05, 4.69) is 21.6 Å². The Morgan fingerprint density at radius 1 is 1.14 bits per heavy atom. The number of likely N-dealkylation sites (tertiary alicyclic amines) is 1. The number of piperidine rings is 3. The first kappa shape index (κ1) is 22.4. The van der Waals surface area contributed by atoms with Gasteiger partial charge in [-0.3, -0.25) is 9.69 Å². The van der Waals surface area contributed by atoms with E-state index in [1.165, 1.54) is 18.4 Å². The van der Waals surface area contributed by atoms with Crippen LogP contribution in [0.2, 0.25) is 0 Å². The zero-order valence-corrected chi connectivity index (χ0v) is 21.1. The fourth-order valence-corrected chi connectivity index (χ4v) is 8.94. The lowest BCUT2D eigenvalue weighted by Crippen LogP contribution is -2.91. The number of carbonyl (C=O) groups excluding carboxylic acids is 1. The van der Waals surface area contributed by atoms with Gasteiger partial charge in [0.1, 0.15) is 11.7 Å². The number of benzene rings is 2. The van der Waals surface area contributed by atoms with Gasteiger partial charge in [-0.25, -0.2) is 0 Å². The highest BCUT2D eigenvalue weighted by Crippen LogP contribution is 2.69. The zero-order valence-electron chi connectivity index (χ0n) is 21.1. The number of nitrogens with one attached hydrogen (secondary N) is 2. The van der Waals surface area contributed by atoms with Gasteiger partial charge in [-0.2, -0.15) is 0 Å². The maximum Gasteiger partial charge on any atom is 0.221 e. The summed E-state index contributed by atoms with van der Waals surface area (Å²) < 4.78 is 6.62. The number of aromatic hydroxyl groups is 1. The Morgan fingerprint density at radius 2 is 1.97 bits per heavy atom. The molecule has 1 amide bonds. The fourth-order valence-electron chi connectivity index (χ4n) is 8.94. The normalized spacial score (nSPS) is 38.7. The van der Waals surface area contributed by atoms with E-state index >= 15 is 0 Å². The summed E-state index contributed by atoms with van der Waals surface area (Å²) in [7, 11) is 0. The van der Waals surface area contributed by atoms with Gasteiger partial charge in [0.2, 0.25) is 5.91 Å². The van der Waals surface area contributed by atoms with Crippen molar-refractivity contribution in [2.24, 2.45) is 5.92 Å². The molecule has 7 heteroatoms. The molecule has 9 rings (SSSR count). The molecular formula is C30H35N3O4. The van der Waals surface area contributed by atoms with Gasteiger partial charge < -0.3 is 25.6 Å². The molecule has 2 aromatic carbocycles. The summed E-state index contributed by atoms with van der Waals surface area (Å²) in [5.74, 6) is 1.46. The highest BCUT2D eigenvalue weighted by atomic mass is 16.5. The van der Waals surface area contributed by atoms with E-state index in [4.69, 9.17) is 4.74 Å². The number of phenolic OH excluding ortho intramolecular Hbond substituents is 1. The molecule has 5 fully saturated rings. The number of carbonyl (C=O) groups is 1. The van der Waals surface area contributed by atoms with Crippen molar-refractivity contribution in [2.45, 2.75) is 86.2 Å². The summed E-state index contributed by atoms with van der Waals surface area (Å²) in [5, 5.41) is 30.2. The number of fused-ring (bicyclic) bond motifs is 2. The van der Waals surface area contributed by atoms with Crippen molar-refractivity contribution in [1.29, 1.82) is 0 Å². The van der Waals surface area contributed by atoms with E-state index < -0.39 is 17.7 Å². The van der Waals surface area contributed by atoms with Crippen molar-refractivity contribution < 1.29 is 19.7 Å². The molecule has 4 N–H and O–H groups in total. The standard InChI is InChI=1S/C30H35N3O4/c34-21-9-8-20-14-23-30-11-10-29(36,22(32-30)15-24(35)31-16-18-4-2-1-3-5-18)27-28(30,25(20)26(21)37-27)12-13-33(23)17-19-6-7-19/h1-5,8-9,19,22-23,27,32,34,36H,6-7,10-17H2,(H,31,35)/t22-,23+,27+,28+,29+,30+/m0/s1. The van der Waals surface area contributed by atoms with Crippen molar-refractivity contribution in [3.8, 4) is 11.5 Å². The highest BCUT2D eigenvalue weighted by Gasteiger charge is 2.80. The van der Waals surface area contributed by atoms with Crippen LogP contribution in [0.3, 0.4) is 0 Å². The SMILES string of the molecule is O=C(C[C@@H]1N[C@@]23CC[C@]1(O)[C@@H]1Oc4c(O)ccc5c4[C@]12CCN(CC1CC1)[C@@H]3C5)NCc1ccccc1. The number of hydrogen-bond donors (Lipinski definition) is 4. The van der Waals surface area contributed by atoms with Crippen LogP contribution >= 0.6 is 0 Å². The van der Waals surface area contributed by atoms with Gasteiger partial charge in [-0.1, -0.05) is 36.4 Å². The molecule has 6 atom stereocenters. The number of ether oxygens (including phenoxy) is 1. The Bertz CT molecular complexity index is 1280. The van der Waals surface area contributed by atoms with Crippen LogP contribution in [0.4, 0.5) is 0 Å². The molecule has 4 bridgehead atoms. The summed E-state index contributed by atoms with van der Waals surface area (Å²) in [6.07, 6.45) is 5.63. The van der Waals surface area contributed by atoms with E-state index in [1.807, 2.05) is 30.3 Å². The van der Waals surface area contributed by atoms with Crippen LogP contribution in [0.25, 0.3) is 0 Å². The Kier molecular flexibility index (Phi) is 4.53. The molecule has 4 aliphatic heterocycles. The number of aliphatic hydroxyl groups is 1. The van der Waals surface area contributed by atoms with Gasteiger partial charge in [0, 0.05) is 42.7 Å². The first-order valence-electron chi connectivity index (χ1n) is 14.0. The van der Waals surface area contributed by atoms with Gasteiger partial charge in [0.25, 0.3) is 0 Å². The topological polar surface area (TPSA) is 94.1 Å². The molecule has 37 heavy (non-hydrogen) atoms. The number of nitrogens with zero attached hydrogens (tertiary/aromatic N) is 1. The Morgan fingerprint density at radius 3 is 2.78 bits per heavy atom. The lowest BCUT2D eigenvalue weighted by molar-refractivity contribution is -0.234. The highest BCUT2D eigenvalue weighted by molar-refractivity contribution is 5.77. The molecule has 194 valence electrons. The zero-order chi connectivity index (χ0) is 25.0. The molecular weight excluding hydrogens is 466 g/mol. The van der Waals surface area contributed by atoms with E-state index in [-0.39, 0.29) is 35.1 Å². The summed E-state index contributed by atoms with van der Waals surface area (Å²) in [5.41, 5.74) is 1.57. The van der Waals surface area contributed by atoms with Crippen LogP contribution in [0, 0.1) is 5.92 Å². The molecule has 2 aromatic rings. The van der Waals surface area contributed by atoms with E-state index in [1.54, 1.807) is 6.07 Å². The second kappa shape index (κ2) is 7.49. The number of rotatable bonds is 6. The molecule has 0 aromatic heterocycles. The van der Waals surface area contributed by atoms with Gasteiger partial charge >= 0.3 is 0 Å². The maximum absolute atomic E-state index is 13.2. The first-order chi connectivity index (χ1) is 17.9. The van der Waals surface area contributed by atoms with Crippen molar-refractivity contribution >= 4 is 5.91 Å². The molecule has 0 unspecified atom stereocenters. The smallest absolute Gasteiger partial charge is 0.221 e. The van der Waals surface area contributed by atoms with Crippen LogP contribution in [-0.2, 0) is 23.2 Å². The third-order valence-corrected chi connectivity index (χ3v) is 10.7. The largest absolute Gasteiger partial charge is 0.504 e. The summed E-state index contributed by atoms with van der Waals surface area (Å²) in [4.78, 5) is 15.9. The van der Waals surface area contributed by atoms with Crippen LogP contribution in [-0.4, -0.2) is 63.4 Å². The van der Waals surface area contributed by atoms with Crippen LogP contribution in [0.15, 0.2) is 42.5 Å². The molecule has 7 nitrogen and oxygen atoms in total. The van der Waals surface area contributed by atoms with Crippen LogP contribution < -0.4 is 15.4 Å². The van der Waals surface area contributed by atoms with Crippen molar-refractivity contribution in [3.63, 3.8) is 0 Å². The van der Waals surface area contributed by atoms with E-state index in [0.29, 0.717) is 18.7 Å². The Balaban J connectivity index is 1.17. The molecule has 2 saturated carbocycles. The third-order valence-electron chi connectivity index (χ3n) is 10.7.